The minimum Gasteiger partial charge on any atom is -0.508 e. The van der Waals surface area contributed by atoms with Crippen LogP contribution in [0.2, 0.25) is 0 Å². The van der Waals surface area contributed by atoms with Gasteiger partial charge in [-0.2, -0.15) is 0 Å². The number of rotatable bonds is 4. The Morgan fingerprint density at radius 3 is 2.68 bits per heavy atom. The number of esters is 1. The summed E-state index contributed by atoms with van der Waals surface area (Å²) in [7, 11) is 0. The lowest BCUT2D eigenvalue weighted by Gasteiger charge is -2.08. The first kappa shape index (κ1) is 14.0. The molecule has 5 nitrogen and oxygen atoms in total. The number of carbonyl (C=O) groups excluding carboxylic acids is 1. The number of phenolic OH excluding ortho intramolecular Hbond substituents is 1. The van der Waals surface area contributed by atoms with Crippen LogP contribution in [0.3, 0.4) is 0 Å². The first-order valence-corrected chi connectivity index (χ1v) is 6.83. The number of aromatic amines is 1. The van der Waals surface area contributed by atoms with Crippen molar-refractivity contribution in [2.24, 2.45) is 0 Å². The molecule has 0 aliphatic carbocycles. The lowest BCUT2D eigenvalue weighted by atomic mass is 10.2. The highest BCUT2D eigenvalue weighted by Gasteiger charge is 2.11. The Labute approximate surface area is 127 Å². The molecule has 0 bridgehead atoms. The first-order valence-electron chi connectivity index (χ1n) is 6.83. The Hall–Kier alpha value is -2.95. The molecule has 0 radical (unpaired) electrons. The van der Waals surface area contributed by atoms with Crippen LogP contribution >= 0.6 is 0 Å². The maximum absolute atomic E-state index is 11.0. The van der Waals surface area contributed by atoms with Crippen molar-refractivity contribution < 1.29 is 19.4 Å². The molecule has 1 aromatic heterocycles. The van der Waals surface area contributed by atoms with E-state index in [9.17, 15) is 9.90 Å². The minimum absolute atomic E-state index is 0.0757. The Kier molecular flexibility index (Phi) is 3.70. The van der Waals surface area contributed by atoms with Crippen LogP contribution in [0.5, 0.6) is 17.4 Å². The molecule has 0 aliphatic rings. The summed E-state index contributed by atoms with van der Waals surface area (Å²) in [5.74, 6) is 0.500. The molecule has 1 heterocycles. The zero-order valence-electron chi connectivity index (χ0n) is 12.0. The molecular weight excluding hydrogens is 282 g/mol. The van der Waals surface area contributed by atoms with Crippen LogP contribution in [0, 0.1) is 0 Å². The van der Waals surface area contributed by atoms with E-state index < -0.39 is 5.97 Å². The van der Waals surface area contributed by atoms with Crippen molar-refractivity contribution >= 4 is 16.9 Å². The van der Waals surface area contributed by atoms with Crippen molar-refractivity contribution in [3.63, 3.8) is 0 Å². The predicted molar refractivity (Wildman–Crippen MR) is 82.0 cm³/mol. The number of aromatic nitrogens is 1. The predicted octanol–water partition coefficient (Wildman–Crippen LogP) is 3.38. The molecular formula is C17H15NO4. The van der Waals surface area contributed by atoms with E-state index in [2.05, 4.69) is 4.98 Å². The lowest BCUT2D eigenvalue weighted by molar-refractivity contribution is -0.132. The maximum Gasteiger partial charge on any atom is 0.309 e. The molecule has 0 fully saturated rings. The van der Waals surface area contributed by atoms with Crippen LogP contribution in [-0.4, -0.2) is 16.1 Å². The molecule has 3 rings (SSSR count). The number of fused-ring (bicyclic) bond motifs is 1. The molecule has 0 saturated heterocycles. The summed E-state index contributed by atoms with van der Waals surface area (Å²) in [5.41, 5.74) is 1.66. The summed E-state index contributed by atoms with van der Waals surface area (Å²) in [5, 5.41) is 10.5. The summed E-state index contributed by atoms with van der Waals surface area (Å²) in [4.78, 5) is 14.0. The second kappa shape index (κ2) is 5.81. The molecule has 0 spiro atoms. The third-order valence-electron chi connectivity index (χ3n) is 3.15. The number of H-pyrrole nitrogens is 1. The van der Waals surface area contributed by atoms with Crippen LogP contribution in [-0.2, 0) is 11.4 Å². The number of hydrogen-bond acceptors (Lipinski definition) is 4. The Balaban J connectivity index is 1.90. The second-order valence-electron chi connectivity index (χ2n) is 4.91. The Morgan fingerprint density at radius 2 is 1.95 bits per heavy atom. The van der Waals surface area contributed by atoms with E-state index in [4.69, 9.17) is 9.47 Å². The molecule has 112 valence electrons. The third-order valence-corrected chi connectivity index (χ3v) is 3.15. The van der Waals surface area contributed by atoms with Gasteiger partial charge in [0.1, 0.15) is 18.1 Å². The molecule has 0 atom stereocenters. The number of benzene rings is 2. The van der Waals surface area contributed by atoms with Gasteiger partial charge in [0.15, 0.2) is 0 Å². The zero-order chi connectivity index (χ0) is 15.5. The Bertz CT molecular complexity index is 808. The monoisotopic (exact) mass is 297 g/mol. The van der Waals surface area contributed by atoms with Gasteiger partial charge < -0.3 is 19.6 Å². The fourth-order valence-electron chi connectivity index (χ4n) is 2.23. The Morgan fingerprint density at radius 1 is 1.18 bits per heavy atom. The number of carbonyl (C=O) groups is 1. The lowest BCUT2D eigenvalue weighted by Crippen LogP contribution is -2.00. The van der Waals surface area contributed by atoms with Gasteiger partial charge >= 0.3 is 5.97 Å². The smallest absolute Gasteiger partial charge is 0.309 e. The van der Waals surface area contributed by atoms with Crippen LogP contribution in [0.25, 0.3) is 10.9 Å². The average molecular weight is 297 g/mol. The molecule has 2 N–H and O–H groups in total. The van der Waals surface area contributed by atoms with E-state index in [0.717, 1.165) is 10.9 Å². The van der Waals surface area contributed by atoms with Crippen LogP contribution in [0.1, 0.15) is 12.5 Å². The van der Waals surface area contributed by atoms with E-state index in [1.165, 1.54) is 13.0 Å². The summed E-state index contributed by atoms with van der Waals surface area (Å²) in [6, 6.07) is 14.5. The van der Waals surface area contributed by atoms with E-state index >= 15 is 0 Å². The highest BCUT2D eigenvalue weighted by atomic mass is 16.5. The molecule has 5 heteroatoms. The van der Waals surface area contributed by atoms with Crippen molar-refractivity contribution in [1.29, 1.82) is 0 Å². The van der Waals surface area contributed by atoms with E-state index in [-0.39, 0.29) is 5.75 Å². The maximum atomic E-state index is 11.0. The molecule has 2 aromatic carbocycles. The summed E-state index contributed by atoms with van der Waals surface area (Å²) in [6.45, 7) is 1.71. The average Bonchev–Trinajstić information content (AvgIpc) is 2.87. The first-order chi connectivity index (χ1) is 10.6. The van der Waals surface area contributed by atoms with Crippen molar-refractivity contribution in [2.45, 2.75) is 13.5 Å². The molecule has 3 aromatic rings. The summed E-state index contributed by atoms with van der Waals surface area (Å²) < 4.78 is 10.8. The minimum atomic E-state index is -0.414. The van der Waals surface area contributed by atoms with Gasteiger partial charge in [0.05, 0.1) is 5.52 Å². The molecule has 0 unspecified atom stereocenters. The van der Waals surface area contributed by atoms with Gasteiger partial charge in [0.2, 0.25) is 5.88 Å². The van der Waals surface area contributed by atoms with Gasteiger partial charge in [-0.15, -0.1) is 0 Å². The van der Waals surface area contributed by atoms with Gasteiger partial charge in [0, 0.05) is 30.5 Å². The van der Waals surface area contributed by atoms with Crippen LogP contribution in [0.4, 0.5) is 0 Å². The standard InChI is InChI=1S/C17H15NO4/c1-11(19)22-17-9-14-15(18-17)7-13(20)8-16(14)21-10-12-5-3-2-4-6-12/h2-9,18,20H,10H2,1H3. The van der Waals surface area contributed by atoms with Gasteiger partial charge in [-0.3, -0.25) is 4.79 Å². The van der Waals surface area contributed by atoms with Gasteiger partial charge in [-0.05, 0) is 5.56 Å². The second-order valence-corrected chi connectivity index (χ2v) is 4.91. The number of ether oxygens (including phenoxy) is 2. The summed E-state index contributed by atoms with van der Waals surface area (Å²) in [6.07, 6.45) is 0. The fourth-order valence-corrected chi connectivity index (χ4v) is 2.23. The fraction of sp³-hybridized carbons (Fsp3) is 0.118. The quantitative estimate of drug-likeness (QED) is 0.724. The largest absolute Gasteiger partial charge is 0.508 e. The SMILES string of the molecule is CC(=O)Oc1cc2c(OCc3ccccc3)cc(O)cc2[nH]1. The third kappa shape index (κ3) is 3.03. The number of hydrogen-bond donors (Lipinski definition) is 2. The topological polar surface area (TPSA) is 71.6 Å². The van der Waals surface area contributed by atoms with Crippen molar-refractivity contribution in [3.8, 4) is 17.4 Å². The van der Waals surface area contributed by atoms with Gasteiger partial charge in [-0.1, -0.05) is 30.3 Å². The molecule has 0 amide bonds. The molecule has 0 saturated carbocycles. The van der Waals surface area contributed by atoms with Crippen LogP contribution in [0.15, 0.2) is 48.5 Å². The van der Waals surface area contributed by atoms with E-state index in [1.54, 1.807) is 12.1 Å². The normalized spacial score (nSPS) is 10.6. The molecule has 0 aliphatic heterocycles. The highest BCUT2D eigenvalue weighted by Crippen LogP contribution is 2.33. The van der Waals surface area contributed by atoms with Gasteiger partial charge in [-0.25, -0.2) is 0 Å². The highest BCUT2D eigenvalue weighted by molar-refractivity contribution is 5.89. The van der Waals surface area contributed by atoms with Crippen molar-refractivity contribution in [3.05, 3.63) is 54.1 Å². The van der Waals surface area contributed by atoms with Crippen molar-refractivity contribution in [2.75, 3.05) is 0 Å². The zero-order valence-corrected chi connectivity index (χ0v) is 12.0. The number of phenols is 1. The van der Waals surface area contributed by atoms with Crippen molar-refractivity contribution in [1.82, 2.24) is 4.98 Å². The van der Waals surface area contributed by atoms with E-state index in [0.29, 0.717) is 23.8 Å². The van der Waals surface area contributed by atoms with Crippen LogP contribution < -0.4 is 9.47 Å². The molecule has 22 heavy (non-hydrogen) atoms. The summed E-state index contributed by atoms with van der Waals surface area (Å²) >= 11 is 0. The van der Waals surface area contributed by atoms with Gasteiger partial charge in [0.25, 0.3) is 0 Å². The van der Waals surface area contributed by atoms with E-state index in [1.807, 2.05) is 30.3 Å². The number of nitrogens with one attached hydrogen (secondary N) is 1. The number of aromatic hydroxyl groups is 1.